The molecule has 0 aromatic carbocycles. The van der Waals surface area contributed by atoms with Crippen molar-refractivity contribution in [3.8, 4) is 5.88 Å². The van der Waals surface area contributed by atoms with E-state index in [9.17, 15) is 14.4 Å². The molecule has 170 valence electrons. The van der Waals surface area contributed by atoms with E-state index >= 15 is 0 Å². The second-order valence-electron chi connectivity index (χ2n) is 8.11. The molecule has 0 atom stereocenters. The molecule has 0 aliphatic rings. The predicted octanol–water partition coefficient (Wildman–Crippen LogP) is 3.49. The summed E-state index contributed by atoms with van der Waals surface area (Å²) in [7, 11) is 1.47. The van der Waals surface area contributed by atoms with Gasteiger partial charge in [-0.15, -0.1) is 0 Å². The van der Waals surface area contributed by atoms with Gasteiger partial charge in [0, 0.05) is 17.9 Å². The van der Waals surface area contributed by atoms with Crippen molar-refractivity contribution in [3.05, 3.63) is 40.3 Å². The number of hydrogen-bond acceptors (Lipinski definition) is 8. The fourth-order valence-electron chi connectivity index (χ4n) is 2.78. The third-order valence-electron chi connectivity index (χ3n) is 4.46. The van der Waals surface area contributed by atoms with E-state index in [1.165, 1.54) is 12.0 Å². The first-order valence-corrected chi connectivity index (χ1v) is 10.2. The minimum absolute atomic E-state index is 0.0596. The first-order chi connectivity index (χ1) is 14.7. The van der Waals surface area contributed by atoms with Crippen LogP contribution in [0.4, 0.5) is 5.82 Å². The SMILES string of the molecule is CCCCOC(=O)CCc1ccc(OC)nc1N(Cc1coc(=O)o1)C(=O)C(C)(C)C. The number of rotatable bonds is 10. The molecule has 0 aliphatic heterocycles. The maximum absolute atomic E-state index is 13.2. The third-order valence-corrected chi connectivity index (χ3v) is 4.46. The molecule has 0 aliphatic carbocycles. The molecule has 9 heteroatoms. The quantitative estimate of drug-likeness (QED) is 0.413. The largest absolute Gasteiger partial charge is 0.518 e. The van der Waals surface area contributed by atoms with Crippen molar-refractivity contribution in [2.24, 2.45) is 5.41 Å². The number of esters is 1. The van der Waals surface area contributed by atoms with Crippen LogP contribution in [0.1, 0.15) is 58.3 Å². The molecule has 2 rings (SSSR count). The highest BCUT2D eigenvalue weighted by Crippen LogP contribution is 2.29. The predicted molar refractivity (Wildman–Crippen MR) is 113 cm³/mol. The number of methoxy groups -OCH3 is 1. The zero-order valence-electron chi connectivity index (χ0n) is 18.7. The van der Waals surface area contributed by atoms with E-state index in [-0.39, 0.29) is 30.6 Å². The van der Waals surface area contributed by atoms with Crippen LogP contribution < -0.4 is 15.5 Å². The lowest BCUT2D eigenvalue weighted by molar-refractivity contribution is -0.143. The molecular formula is C22H30N2O7. The van der Waals surface area contributed by atoms with Crippen molar-refractivity contribution in [2.75, 3.05) is 18.6 Å². The summed E-state index contributed by atoms with van der Waals surface area (Å²) in [5.74, 6) is -0.605. The average Bonchev–Trinajstić information content (AvgIpc) is 3.14. The summed E-state index contributed by atoms with van der Waals surface area (Å²) in [6.07, 6.45) is 3.37. The molecule has 0 unspecified atom stereocenters. The van der Waals surface area contributed by atoms with Gasteiger partial charge < -0.3 is 18.3 Å². The lowest BCUT2D eigenvalue weighted by Gasteiger charge is -2.29. The van der Waals surface area contributed by atoms with Crippen molar-refractivity contribution >= 4 is 17.7 Å². The van der Waals surface area contributed by atoms with E-state index in [0.29, 0.717) is 30.3 Å². The van der Waals surface area contributed by atoms with E-state index in [2.05, 4.69) is 4.98 Å². The van der Waals surface area contributed by atoms with Crippen LogP contribution in [0.25, 0.3) is 0 Å². The van der Waals surface area contributed by atoms with Crippen molar-refractivity contribution in [1.82, 2.24) is 4.98 Å². The summed E-state index contributed by atoms with van der Waals surface area (Å²) in [5, 5.41) is 0. The zero-order valence-corrected chi connectivity index (χ0v) is 18.7. The Labute approximate surface area is 181 Å². The van der Waals surface area contributed by atoms with Crippen LogP contribution in [0.2, 0.25) is 0 Å². The van der Waals surface area contributed by atoms with E-state index in [1.807, 2.05) is 6.92 Å². The van der Waals surface area contributed by atoms with Crippen molar-refractivity contribution in [1.29, 1.82) is 0 Å². The Morgan fingerprint density at radius 1 is 1.23 bits per heavy atom. The van der Waals surface area contributed by atoms with Gasteiger partial charge in [0.1, 0.15) is 12.1 Å². The monoisotopic (exact) mass is 434 g/mol. The molecule has 0 radical (unpaired) electrons. The van der Waals surface area contributed by atoms with Crippen LogP contribution in [-0.2, 0) is 27.3 Å². The standard InChI is InChI=1S/C22H30N2O7/c1-6-7-12-29-18(25)11-9-15-8-10-17(28-5)23-19(15)24(20(26)22(2,3)4)13-16-14-30-21(27)31-16/h8,10,14H,6-7,9,11-13H2,1-5H3. The third kappa shape index (κ3) is 6.97. The Bertz CT molecular complexity index is 940. The smallest absolute Gasteiger partial charge is 0.481 e. The summed E-state index contributed by atoms with van der Waals surface area (Å²) in [5.41, 5.74) is -0.0813. The van der Waals surface area contributed by atoms with Gasteiger partial charge in [0.05, 0.1) is 20.3 Å². The molecule has 0 bridgehead atoms. The molecule has 9 nitrogen and oxygen atoms in total. The van der Waals surface area contributed by atoms with Crippen LogP contribution in [0.5, 0.6) is 5.88 Å². The maximum atomic E-state index is 13.2. The number of aromatic nitrogens is 1. The van der Waals surface area contributed by atoms with Crippen LogP contribution in [0, 0.1) is 5.41 Å². The lowest BCUT2D eigenvalue weighted by Crippen LogP contribution is -2.40. The summed E-state index contributed by atoms with van der Waals surface area (Å²) in [6, 6.07) is 3.42. The normalized spacial score (nSPS) is 11.3. The van der Waals surface area contributed by atoms with Gasteiger partial charge in [-0.25, -0.2) is 4.79 Å². The summed E-state index contributed by atoms with van der Waals surface area (Å²) < 4.78 is 20.2. The van der Waals surface area contributed by atoms with Crippen molar-refractivity contribution in [3.63, 3.8) is 0 Å². The van der Waals surface area contributed by atoms with Gasteiger partial charge in [0.25, 0.3) is 0 Å². The Morgan fingerprint density at radius 2 is 1.97 bits per heavy atom. The van der Waals surface area contributed by atoms with E-state index in [4.69, 9.17) is 18.3 Å². The van der Waals surface area contributed by atoms with Gasteiger partial charge in [0.15, 0.2) is 5.76 Å². The van der Waals surface area contributed by atoms with Crippen LogP contribution in [-0.4, -0.2) is 30.6 Å². The highest BCUT2D eigenvalue weighted by Gasteiger charge is 2.32. The van der Waals surface area contributed by atoms with Gasteiger partial charge in [-0.1, -0.05) is 34.1 Å². The Morgan fingerprint density at radius 3 is 2.55 bits per heavy atom. The average molecular weight is 434 g/mol. The summed E-state index contributed by atoms with van der Waals surface area (Å²) in [6.45, 7) is 7.68. The number of pyridine rings is 1. The molecule has 2 aromatic heterocycles. The van der Waals surface area contributed by atoms with Gasteiger partial charge in [-0.3, -0.25) is 14.5 Å². The summed E-state index contributed by atoms with van der Waals surface area (Å²) >= 11 is 0. The molecule has 0 fully saturated rings. The Hall–Kier alpha value is -3.10. The highest BCUT2D eigenvalue weighted by atomic mass is 16.6. The number of carbonyl (C=O) groups excluding carboxylic acids is 2. The molecule has 2 heterocycles. The van der Waals surface area contributed by atoms with E-state index < -0.39 is 11.2 Å². The molecule has 0 saturated carbocycles. The van der Waals surface area contributed by atoms with Gasteiger partial charge in [-0.05, 0) is 24.5 Å². The lowest BCUT2D eigenvalue weighted by atomic mass is 9.94. The highest BCUT2D eigenvalue weighted by molar-refractivity contribution is 5.96. The molecule has 0 N–H and O–H groups in total. The van der Waals surface area contributed by atoms with Crippen LogP contribution in [0.3, 0.4) is 0 Å². The fourth-order valence-corrected chi connectivity index (χ4v) is 2.78. The number of amides is 1. The Kier molecular flexibility index (Phi) is 8.41. The minimum Gasteiger partial charge on any atom is -0.481 e. The van der Waals surface area contributed by atoms with Gasteiger partial charge in [-0.2, -0.15) is 4.98 Å². The first kappa shape index (κ1) is 24.2. The van der Waals surface area contributed by atoms with Crippen LogP contribution in [0.15, 0.2) is 32.0 Å². The fraction of sp³-hybridized carbons (Fsp3) is 0.545. The second-order valence-corrected chi connectivity index (χ2v) is 8.11. The Balaban J connectivity index is 2.36. The molecule has 0 spiro atoms. The number of nitrogens with zero attached hydrogens (tertiary/aromatic N) is 2. The molecule has 0 saturated heterocycles. The van der Waals surface area contributed by atoms with Crippen molar-refractivity contribution < 1.29 is 27.9 Å². The summed E-state index contributed by atoms with van der Waals surface area (Å²) in [4.78, 5) is 42.5. The number of unbranched alkanes of at least 4 members (excludes halogenated alkanes) is 1. The first-order valence-electron chi connectivity index (χ1n) is 10.2. The van der Waals surface area contributed by atoms with E-state index in [0.717, 1.165) is 19.1 Å². The number of ether oxygens (including phenoxy) is 2. The molecular weight excluding hydrogens is 404 g/mol. The number of aryl methyl sites for hydroxylation is 1. The molecule has 1 amide bonds. The van der Waals surface area contributed by atoms with Crippen LogP contribution >= 0.6 is 0 Å². The van der Waals surface area contributed by atoms with Crippen molar-refractivity contribution in [2.45, 2.75) is 59.9 Å². The second kappa shape index (κ2) is 10.8. The molecule has 2 aromatic rings. The number of carbonyl (C=O) groups is 2. The van der Waals surface area contributed by atoms with Gasteiger partial charge in [0.2, 0.25) is 11.8 Å². The van der Waals surface area contributed by atoms with E-state index in [1.54, 1.807) is 32.9 Å². The topological polar surface area (TPSA) is 112 Å². The zero-order chi connectivity index (χ0) is 23.0. The maximum Gasteiger partial charge on any atom is 0.518 e. The number of hydrogen-bond donors (Lipinski definition) is 0. The van der Waals surface area contributed by atoms with Gasteiger partial charge >= 0.3 is 11.8 Å². The number of anilines is 1. The minimum atomic E-state index is -0.855. The molecule has 31 heavy (non-hydrogen) atoms.